The number of rotatable bonds is 1. The van der Waals surface area contributed by atoms with Crippen LogP contribution in [0.2, 0.25) is 0 Å². The molecule has 0 unspecified atom stereocenters. The van der Waals surface area contributed by atoms with Crippen molar-refractivity contribution < 1.29 is 9.13 Å². The van der Waals surface area contributed by atoms with Gasteiger partial charge in [0.15, 0.2) is 6.21 Å². The van der Waals surface area contributed by atoms with Crippen molar-refractivity contribution in [2.45, 2.75) is 0 Å². The molecule has 0 spiro atoms. The molecule has 2 nitrogen and oxygen atoms in total. The van der Waals surface area contributed by atoms with Gasteiger partial charge in [-0.05, 0) is 24.3 Å². The van der Waals surface area contributed by atoms with Crippen LogP contribution in [0.3, 0.4) is 0 Å². The summed E-state index contributed by atoms with van der Waals surface area (Å²) < 4.78 is 13.0. The summed E-state index contributed by atoms with van der Waals surface area (Å²) in [6, 6.07) is 5.72. The molecule has 1 aromatic rings. The van der Waals surface area contributed by atoms with E-state index in [0.717, 1.165) is 0 Å². The molecule has 1 rings (SSSR count). The SMILES string of the molecule is C/[N+]([O-])=C/c1ccc(F)cc1. The lowest BCUT2D eigenvalue weighted by molar-refractivity contribution is -0.416. The van der Waals surface area contributed by atoms with Crippen LogP contribution in [0, 0.1) is 11.0 Å². The summed E-state index contributed by atoms with van der Waals surface area (Å²) in [5.41, 5.74) is 0.698. The second kappa shape index (κ2) is 3.14. The zero-order valence-electron chi connectivity index (χ0n) is 6.12. The summed E-state index contributed by atoms with van der Waals surface area (Å²) in [5.74, 6) is -0.296. The third-order valence-corrected chi connectivity index (χ3v) is 1.20. The molecule has 0 atom stereocenters. The van der Waals surface area contributed by atoms with Gasteiger partial charge in [0.25, 0.3) is 0 Å². The van der Waals surface area contributed by atoms with Crippen LogP contribution >= 0.6 is 0 Å². The molecule has 0 saturated heterocycles. The zero-order valence-corrected chi connectivity index (χ0v) is 6.12. The van der Waals surface area contributed by atoms with Crippen molar-refractivity contribution in [2.24, 2.45) is 0 Å². The van der Waals surface area contributed by atoms with E-state index in [2.05, 4.69) is 0 Å². The highest BCUT2D eigenvalue weighted by Gasteiger charge is 1.91. The monoisotopic (exact) mass is 153 g/mol. The first kappa shape index (κ1) is 7.72. The maximum absolute atomic E-state index is 12.3. The first-order valence-electron chi connectivity index (χ1n) is 3.19. The summed E-state index contributed by atoms with van der Waals surface area (Å²) in [4.78, 5) is 0. The summed E-state index contributed by atoms with van der Waals surface area (Å²) in [5, 5.41) is 10.5. The molecular weight excluding hydrogens is 145 g/mol. The molecule has 0 aliphatic carbocycles. The van der Waals surface area contributed by atoms with Crippen molar-refractivity contribution in [3.8, 4) is 0 Å². The summed E-state index contributed by atoms with van der Waals surface area (Å²) >= 11 is 0. The van der Waals surface area contributed by atoms with Gasteiger partial charge in [0.1, 0.15) is 12.9 Å². The number of hydrogen-bond donors (Lipinski definition) is 0. The van der Waals surface area contributed by atoms with Gasteiger partial charge in [0, 0.05) is 5.56 Å². The highest BCUT2D eigenvalue weighted by Crippen LogP contribution is 1.99. The van der Waals surface area contributed by atoms with Crippen LogP contribution in [0.1, 0.15) is 5.56 Å². The molecule has 11 heavy (non-hydrogen) atoms. The Balaban J connectivity index is 2.91. The standard InChI is InChI=1S/C8H8FNO/c1-10(11)6-7-2-4-8(9)5-3-7/h2-6H,1H3/b10-6-. The van der Waals surface area contributed by atoms with Crippen molar-refractivity contribution in [3.63, 3.8) is 0 Å². The molecule has 0 aromatic heterocycles. The Bertz CT molecular complexity index is 262. The maximum atomic E-state index is 12.3. The molecule has 0 aliphatic heterocycles. The van der Waals surface area contributed by atoms with E-state index < -0.39 is 0 Å². The lowest BCUT2D eigenvalue weighted by Crippen LogP contribution is -1.96. The number of nitrogens with zero attached hydrogens (tertiary/aromatic N) is 1. The molecule has 1 aromatic carbocycles. The first-order valence-corrected chi connectivity index (χ1v) is 3.19. The smallest absolute Gasteiger partial charge is 0.181 e. The zero-order chi connectivity index (χ0) is 8.27. The van der Waals surface area contributed by atoms with Crippen molar-refractivity contribution in [1.82, 2.24) is 0 Å². The molecule has 0 aliphatic rings. The third kappa shape index (κ3) is 2.37. The van der Waals surface area contributed by atoms with Crippen LogP contribution in [0.15, 0.2) is 24.3 Å². The molecule has 0 radical (unpaired) electrons. The van der Waals surface area contributed by atoms with Gasteiger partial charge in [0.2, 0.25) is 0 Å². The van der Waals surface area contributed by atoms with E-state index in [1.165, 1.54) is 25.4 Å². The van der Waals surface area contributed by atoms with Gasteiger partial charge >= 0.3 is 0 Å². The van der Waals surface area contributed by atoms with Gasteiger partial charge in [0.05, 0.1) is 0 Å². The molecule has 0 fully saturated rings. The fourth-order valence-electron chi connectivity index (χ4n) is 0.759. The number of hydroxylamine groups is 1. The van der Waals surface area contributed by atoms with Gasteiger partial charge in [-0.15, -0.1) is 0 Å². The minimum atomic E-state index is -0.296. The van der Waals surface area contributed by atoms with E-state index in [-0.39, 0.29) is 5.82 Å². The van der Waals surface area contributed by atoms with Gasteiger partial charge in [-0.1, -0.05) is 0 Å². The van der Waals surface area contributed by atoms with Gasteiger partial charge in [-0.2, -0.15) is 0 Å². The molecule has 0 saturated carbocycles. The van der Waals surface area contributed by atoms with Crippen molar-refractivity contribution in [3.05, 3.63) is 40.9 Å². The third-order valence-electron chi connectivity index (χ3n) is 1.20. The topological polar surface area (TPSA) is 26.1 Å². The Labute approximate surface area is 64.2 Å². The average Bonchev–Trinajstić information content (AvgIpc) is 1.93. The van der Waals surface area contributed by atoms with Crippen molar-refractivity contribution >= 4 is 6.21 Å². The highest BCUT2D eigenvalue weighted by molar-refractivity contribution is 5.75. The maximum Gasteiger partial charge on any atom is 0.181 e. The van der Waals surface area contributed by atoms with Gasteiger partial charge < -0.3 is 5.21 Å². The van der Waals surface area contributed by atoms with Crippen LogP contribution in [0.25, 0.3) is 0 Å². The fourth-order valence-corrected chi connectivity index (χ4v) is 0.759. The average molecular weight is 153 g/mol. The summed E-state index contributed by atoms with van der Waals surface area (Å²) in [6.45, 7) is 0. The number of halogens is 1. The lowest BCUT2D eigenvalue weighted by Gasteiger charge is -1.94. The van der Waals surface area contributed by atoms with Crippen LogP contribution in [0.4, 0.5) is 4.39 Å². The molecule has 0 N–H and O–H groups in total. The van der Waals surface area contributed by atoms with Crippen LogP contribution in [-0.4, -0.2) is 18.0 Å². The van der Waals surface area contributed by atoms with Crippen LogP contribution in [0.5, 0.6) is 0 Å². The van der Waals surface area contributed by atoms with E-state index in [0.29, 0.717) is 10.3 Å². The molecular formula is C8H8FNO. The number of hydrogen-bond acceptors (Lipinski definition) is 1. The van der Waals surface area contributed by atoms with E-state index >= 15 is 0 Å². The van der Waals surface area contributed by atoms with Crippen LogP contribution < -0.4 is 0 Å². The van der Waals surface area contributed by atoms with E-state index in [4.69, 9.17) is 0 Å². The normalized spacial score (nSPS) is 11.6. The van der Waals surface area contributed by atoms with Crippen molar-refractivity contribution in [2.75, 3.05) is 7.05 Å². The Morgan fingerprint density at radius 2 is 1.91 bits per heavy atom. The Hall–Kier alpha value is -1.38. The molecule has 58 valence electrons. The van der Waals surface area contributed by atoms with Gasteiger partial charge in [-0.25, -0.2) is 9.13 Å². The molecule has 0 bridgehead atoms. The minimum Gasteiger partial charge on any atom is -0.624 e. The Morgan fingerprint density at radius 1 is 1.36 bits per heavy atom. The van der Waals surface area contributed by atoms with Gasteiger partial charge in [-0.3, -0.25) is 0 Å². The first-order chi connectivity index (χ1) is 5.18. The largest absolute Gasteiger partial charge is 0.624 e. The molecule has 0 heterocycles. The molecule has 3 heteroatoms. The van der Waals surface area contributed by atoms with E-state index in [9.17, 15) is 9.60 Å². The highest BCUT2D eigenvalue weighted by atomic mass is 19.1. The molecule has 0 amide bonds. The quantitative estimate of drug-likeness (QED) is 0.259. The second-order valence-corrected chi connectivity index (χ2v) is 2.23. The predicted octanol–water partition coefficient (Wildman–Crippen LogP) is 1.38. The van der Waals surface area contributed by atoms with E-state index in [1.807, 2.05) is 0 Å². The lowest BCUT2D eigenvalue weighted by atomic mass is 10.2. The fraction of sp³-hybridized carbons (Fsp3) is 0.125. The Kier molecular flexibility index (Phi) is 2.21. The van der Waals surface area contributed by atoms with Crippen LogP contribution in [-0.2, 0) is 0 Å². The number of benzene rings is 1. The second-order valence-electron chi connectivity index (χ2n) is 2.23. The summed E-state index contributed by atoms with van der Waals surface area (Å²) in [7, 11) is 1.38. The Morgan fingerprint density at radius 3 is 2.36 bits per heavy atom. The van der Waals surface area contributed by atoms with Crippen molar-refractivity contribution in [1.29, 1.82) is 0 Å². The van der Waals surface area contributed by atoms with E-state index in [1.54, 1.807) is 12.1 Å². The minimum absolute atomic E-state index is 0.296. The summed E-state index contributed by atoms with van der Waals surface area (Å²) in [6.07, 6.45) is 1.37. The predicted molar refractivity (Wildman–Crippen MR) is 41.1 cm³/mol.